The molecule has 1 spiro atoms. The predicted octanol–water partition coefficient (Wildman–Crippen LogP) is 3.87. The van der Waals surface area contributed by atoms with Crippen molar-refractivity contribution in [3.8, 4) is 0 Å². The molecule has 2 heterocycles. The van der Waals surface area contributed by atoms with E-state index in [9.17, 15) is 9.70 Å². The fourth-order valence-electron chi connectivity index (χ4n) is 5.73. The number of carbonyl (C=O) groups excluding carboxylic acids is 1. The second-order valence-electron chi connectivity index (χ2n) is 10.1. The highest BCUT2D eigenvalue weighted by Gasteiger charge is 2.72. The number of alkyl carbamates (subject to hydrolysis) is 1. The van der Waals surface area contributed by atoms with E-state index in [1.165, 1.54) is 5.57 Å². The monoisotopic (exact) mass is 436 g/mol. The Hall–Kier alpha value is -1.51. The molecule has 31 heavy (non-hydrogen) atoms. The van der Waals surface area contributed by atoms with Gasteiger partial charge in [0.1, 0.15) is 23.4 Å². The first-order valence-corrected chi connectivity index (χ1v) is 11.6. The molecule has 0 bridgehead atoms. The van der Waals surface area contributed by atoms with Crippen molar-refractivity contribution in [3.05, 3.63) is 16.6 Å². The van der Waals surface area contributed by atoms with Crippen LogP contribution in [0.3, 0.4) is 0 Å². The van der Waals surface area contributed by atoms with E-state index in [-0.39, 0.29) is 47.5 Å². The molecule has 2 aliphatic heterocycles. The molecule has 4 fully saturated rings. The molecule has 3 unspecified atom stereocenters. The minimum Gasteiger partial charge on any atom is -0.443 e. The van der Waals surface area contributed by atoms with E-state index in [0.29, 0.717) is 25.9 Å². The molecule has 8 heteroatoms. The summed E-state index contributed by atoms with van der Waals surface area (Å²) in [7, 11) is 1.68. The Morgan fingerprint density at radius 1 is 1.23 bits per heavy atom. The van der Waals surface area contributed by atoms with Gasteiger partial charge in [-0.3, -0.25) is 0 Å². The lowest BCUT2D eigenvalue weighted by Crippen LogP contribution is -2.56. The third-order valence-electron chi connectivity index (χ3n) is 7.66. The first-order chi connectivity index (χ1) is 14.8. The number of rotatable bonds is 7. The summed E-state index contributed by atoms with van der Waals surface area (Å²) in [6.45, 7) is 7.03. The van der Waals surface area contributed by atoms with Crippen LogP contribution in [0.1, 0.15) is 65.7 Å². The van der Waals surface area contributed by atoms with Crippen LogP contribution in [0, 0.1) is 10.8 Å². The van der Waals surface area contributed by atoms with Crippen molar-refractivity contribution in [2.24, 2.45) is 11.1 Å². The Labute approximate surface area is 184 Å². The van der Waals surface area contributed by atoms with Crippen molar-refractivity contribution in [3.63, 3.8) is 0 Å². The van der Waals surface area contributed by atoms with Crippen molar-refractivity contribution in [1.82, 2.24) is 5.32 Å². The normalized spacial score (nSPS) is 43.7. The summed E-state index contributed by atoms with van der Waals surface area (Å²) in [6, 6.07) is -0.0962. The third kappa shape index (κ3) is 4.66. The largest absolute Gasteiger partial charge is 0.443 e. The van der Waals surface area contributed by atoms with Crippen LogP contribution in [0.2, 0.25) is 0 Å². The van der Waals surface area contributed by atoms with Gasteiger partial charge in [0, 0.05) is 13.2 Å². The fourth-order valence-corrected chi connectivity index (χ4v) is 5.73. The lowest BCUT2D eigenvalue weighted by Gasteiger charge is -2.42. The van der Waals surface area contributed by atoms with E-state index in [1.54, 1.807) is 7.11 Å². The molecule has 4 rings (SSSR count). The van der Waals surface area contributed by atoms with Crippen LogP contribution in [0.4, 0.5) is 4.79 Å². The standard InChI is InChI=1S/C23H36N2O6/c1-14(2)5-10-18-22(3,31-18)20-19(28-4)17(11-12-23(20)13-29-23)30-21(26)24-15-6-8-16(25-27)9-7-15/h5,15-20H,6-13H2,1-4H3,(H,24,26)/t15-,16-,17?,18-,19?,20?,22+,23+/m1/s1. The minimum atomic E-state index is -0.413. The lowest BCUT2D eigenvalue weighted by molar-refractivity contribution is -0.118. The summed E-state index contributed by atoms with van der Waals surface area (Å²) < 4.78 is 24.0. The first kappa shape index (κ1) is 22.7. The maximum Gasteiger partial charge on any atom is 0.407 e. The maximum atomic E-state index is 12.6. The molecular formula is C23H36N2O6. The van der Waals surface area contributed by atoms with E-state index in [2.05, 4.69) is 37.3 Å². The van der Waals surface area contributed by atoms with Crippen LogP contribution in [-0.2, 0) is 18.9 Å². The molecular weight excluding hydrogens is 400 g/mol. The molecule has 8 nitrogen and oxygen atoms in total. The number of carbonyl (C=O) groups is 1. The first-order valence-electron chi connectivity index (χ1n) is 11.6. The fraction of sp³-hybridized carbons (Fsp3) is 0.870. The molecule has 0 radical (unpaired) electrons. The maximum absolute atomic E-state index is 12.6. The SMILES string of the molecule is COC1C(OC(=O)N[C@H]2CC[C@H](N=O)CC2)CC[C@]2(CO2)C1[C@@]1(C)O[C@@H]1CC=C(C)C. The summed E-state index contributed by atoms with van der Waals surface area (Å²) in [5, 5.41) is 6.10. The second kappa shape index (κ2) is 8.79. The van der Waals surface area contributed by atoms with Gasteiger partial charge in [0.2, 0.25) is 0 Å². The number of hydrogen-bond donors (Lipinski definition) is 1. The van der Waals surface area contributed by atoms with Crippen molar-refractivity contribution in [2.75, 3.05) is 13.7 Å². The lowest BCUT2D eigenvalue weighted by atomic mass is 9.68. The number of nitroso groups, excluding NO2 is 1. The minimum absolute atomic E-state index is 0.0150. The van der Waals surface area contributed by atoms with Gasteiger partial charge in [-0.2, -0.15) is 4.91 Å². The van der Waals surface area contributed by atoms with E-state index in [0.717, 1.165) is 25.7 Å². The zero-order valence-corrected chi connectivity index (χ0v) is 19.1. The number of methoxy groups -OCH3 is 1. The van der Waals surface area contributed by atoms with E-state index in [4.69, 9.17) is 18.9 Å². The number of amides is 1. The van der Waals surface area contributed by atoms with Crippen LogP contribution in [0.5, 0.6) is 0 Å². The molecule has 0 aromatic rings. The Bertz CT molecular complexity index is 711. The molecule has 4 aliphatic rings. The van der Waals surface area contributed by atoms with Gasteiger partial charge in [-0.05, 0) is 65.7 Å². The van der Waals surface area contributed by atoms with Crippen LogP contribution >= 0.6 is 0 Å². The van der Waals surface area contributed by atoms with Gasteiger partial charge in [0.05, 0.1) is 24.7 Å². The van der Waals surface area contributed by atoms with E-state index in [1.807, 2.05) is 0 Å². The highest BCUT2D eigenvalue weighted by Crippen LogP contribution is 2.59. The van der Waals surface area contributed by atoms with Gasteiger partial charge in [-0.25, -0.2) is 4.79 Å². The summed E-state index contributed by atoms with van der Waals surface area (Å²) in [6.07, 6.45) is 6.63. The number of allylic oxidation sites excluding steroid dienone is 1. The van der Waals surface area contributed by atoms with Crippen LogP contribution < -0.4 is 5.32 Å². The summed E-state index contributed by atoms with van der Waals surface area (Å²) in [5.41, 5.74) is 0.700. The summed E-state index contributed by atoms with van der Waals surface area (Å²) in [4.78, 5) is 23.3. The highest BCUT2D eigenvalue weighted by molar-refractivity contribution is 5.68. The summed E-state index contributed by atoms with van der Waals surface area (Å²) in [5.74, 6) is 0.0150. The molecule has 1 amide bonds. The molecule has 0 aromatic heterocycles. The quantitative estimate of drug-likeness (QED) is 0.369. The predicted molar refractivity (Wildman–Crippen MR) is 115 cm³/mol. The smallest absolute Gasteiger partial charge is 0.407 e. The summed E-state index contributed by atoms with van der Waals surface area (Å²) >= 11 is 0. The van der Waals surface area contributed by atoms with Crippen LogP contribution in [0.15, 0.2) is 16.8 Å². The Morgan fingerprint density at radius 3 is 2.52 bits per heavy atom. The number of hydrogen-bond acceptors (Lipinski definition) is 7. The van der Waals surface area contributed by atoms with Crippen molar-refractivity contribution in [2.45, 2.75) is 107 Å². The van der Waals surface area contributed by atoms with Gasteiger partial charge in [-0.1, -0.05) is 16.8 Å². The Morgan fingerprint density at radius 2 is 1.94 bits per heavy atom. The van der Waals surface area contributed by atoms with Crippen molar-refractivity contribution < 1.29 is 23.7 Å². The van der Waals surface area contributed by atoms with Crippen molar-refractivity contribution in [1.29, 1.82) is 0 Å². The van der Waals surface area contributed by atoms with Gasteiger partial charge in [0.25, 0.3) is 0 Å². The van der Waals surface area contributed by atoms with Crippen LogP contribution in [-0.4, -0.2) is 61.4 Å². The van der Waals surface area contributed by atoms with Gasteiger partial charge < -0.3 is 24.3 Å². The topological polar surface area (TPSA) is 102 Å². The zero-order valence-electron chi connectivity index (χ0n) is 19.1. The van der Waals surface area contributed by atoms with Gasteiger partial charge in [0.15, 0.2) is 0 Å². The molecule has 2 aliphatic carbocycles. The highest BCUT2D eigenvalue weighted by atomic mass is 16.6. The second-order valence-corrected chi connectivity index (χ2v) is 10.1. The zero-order chi connectivity index (χ0) is 22.2. The average molecular weight is 437 g/mol. The molecule has 174 valence electrons. The Balaban J connectivity index is 1.38. The van der Waals surface area contributed by atoms with E-state index >= 15 is 0 Å². The van der Waals surface area contributed by atoms with E-state index < -0.39 is 6.09 Å². The average Bonchev–Trinajstić information content (AvgIpc) is 3.65. The molecule has 2 saturated carbocycles. The molecule has 1 N–H and O–H groups in total. The molecule has 6 atom stereocenters. The third-order valence-corrected chi connectivity index (χ3v) is 7.66. The van der Waals surface area contributed by atoms with Gasteiger partial charge >= 0.3 is 6.09 Å². The van der Waals surface area contributed by atoms with Crippen molar-refractivity contribution >= 4 is 6.09 Å². The van der Waals surface area contributed by atoms with Crippen LogP contribution in [0.25, 0.3) is 0 Å². The molecule has 0 aromatic carbocycles. The number of ether oxygens (including phenoxy) is 4. The van der Waals surface area contributed by atoms with Gasteiger partial charge in [-0.15, -0.1) is 0 Å². The number of nitrogens with zero attached hydrogens (tertiary/aromatic N) is 1. The number of epoxide rings is 2. The Kier molecular flexibility index (Phi) is 6.43. The molecule has 2 saturated heterocycles. The number of nitrogens with one attached hydrogen (secondary N) is 1.